The van der Waals surface area contributed by atoms with Gasteiger partial charge in [-0.05, 0) is 63.5 Å². The molecule has 4 aromatic rings. The van der Waals surface area contributed by atoms with Crippen LogP contribution in [0.3, 0.4) is 0 Å². The minimum Gasteiger partial charge on any atom is -0.460 e. The lowest BCUT2D eigenvalue weighted by atomic mass is 9.95. The van der Waals surface area contributed by atoms with E-state index in [1.165, 1.54) is 28.8 Å². The first-order valence-electron chi connectivity index (χ1n) is 12.2. The van der Waals surface area contributed by atoms with Crippen LogP contribution in [0.15, 0.2) is 70.1 Å². The van der Waals surface area contributed by atoms with Crippen molar-refractivity contribution < 1.29 is 18.3 Å². The molecule has 194 valence electrons. The lowest BCUT2D eigenvalue weighted by Gasteiger charge is -2.45. The molecular weight excluding hydrogens is 558 g/mol. The number of carbonyl (C=O) groups excluding carboxylic acids is 1. The standard InChI is InChI=1S/C28H23BrF2N4O3/c1-33-21-10-11-22(29)32-24(21)26-23(27(33)36)28(37)38-15-20-14-34(12-13-35(20)26)25(16-2-6-18(30)7-3-16)17-4-8-19(31)9-5-17/h2-11,20,25H,12-15H2,1H3/t20-/m1/s1. The van der Waals surface area contributed by atoms with Gasteiger partial charge in [0.05, 0.1) is 23.3 Å². The number of anilines is 1. The van der Waals surface area contributed by atoms with E-state index in [4.69, 9.17) is 4.74 Å². The summed E-state index contributed by atoms with van der Waals surface area (Å²) in [5.74, 6) is -1.34. The predicted octanol–water partition coefficient (Wildman–Crippen LogP) is 4.42. The van der Waals surface area contributed by atoms with Gasteiger partial charge in [-0.2, -0.15) is 0 Å². The Morgan fingerprint density at radius 2 is 1.58 bits per heavy atom. The molecule has 0 amide bonds. The van der Waals surface area contributed by atoms with Gasteiger partial charge in [0.1, 0.15) is 28.4 Å². The first kappa shape index (κ1) is 24.7. The van der Waals surface area contributed by atoms with Gasteiger partial charge in [-0.1, -0.05) is 24.3 Å². The number of piperazine rings is 1. The second-order valence-corrected chi connectivity index (χ2v) is 10.3. The zero-order valence-corrected chi connectivity index (χ0v) is 22.0. The lowest BCUT2D eigenvalue weighted by Crippen LogP contribution is -2.55. The minimum atomic E-state index is -0.668. The highest BCUT2D eigenvalue weighted by molar-refractivity contribution is 9.10. The Balaban J connectivity index is 1.44. The zero-order valence-electron chi connectivity index (χ0n) is 20.4. The maximum Gasteiger partial charge on any atom is 0.346 e. The molecule has 38 heavy (non-hydrogen) atoms. The van der Waals surface area contributed by atoms with Crippen LogP contribution >= 0.6 is 15.9 Å². The maximum absolute atomic E-state index is 13.8. The van der Waals surface area contributed by atoms with E-state index >= 15 is 0 Å². The first-order valence-corrected chi connectivity index (χ1v) is 13.0. The molecule has 1 atom stereocenters. The molecule has 1 fully saturated rings. The van der Waals surface area contributed by atoms with Crippen molar-refractivity contribution in [1.82, 2.24) is 14.5 Å². The quantitative estimate of drug-likeness (QED) is 0.264. The molecule has 0 bridgehead atoms. The molecule has 0 aliphatic carbocycles. The number of hydrogen-bond donors (Lipinski definition) is 0. The smallest absolute Gasteiger partial charge is 0.346 e. The molecule has 0 radical (unpaired) electrons. The van der Waals surface area contributed by atoms with E-state index in [2.05, 4.69) is 25.8 Å². The van der Waals surface area contributed by atoms with E-state index in [0.717, 1.165) is 11.1 Å². The van der Waals surface area contributed by atoms with E-state index in [9.17, 15) is 18.4 Å². The third kappa shape index (κ3) is 4.17. The van der Waals surface area contributed by atoms with Gasteiger partial charge >= 0.3 is 5.97 Å². The second kappa shape index (κ2) is 9.59. The normalized spacial score (nSPS) is 17.8. The van der Waals surface area contributed by atoms with Gasteiger partial charge in [-0.15, -0.1) is 0 Å². The van der Waals surface area contributed by atoms with Crippen molar-refractivity contribution in [3.63, 3.8) is 0 Å². The molecule has 7 nitrogen and oxygen atoms in total. The number of halogens is 3. The van der Waals surface area contributed by atoms with Crippen LogP contribution in [0.5, 0.6) is 0 Å². The summed E-state index contributed by atoms with van der Waals surface area (Å²) >= 11 is 3.42. The highest BCUT2D eigenvalue weighted by atomic mass is 79.9. The van der Waals surface area contributed by atoms with Crippen molar-refractivity contribution >= 4 is 38.6 Å². The van der Waals surface area contributed by atoms with Crippen molar-refractivity contribution in [2.75, 3.05) is 31.1 Å². The van der Waals surface area contributed by atoms with Crippen LogP contribution in [0.2, 0.25) is 0 Å². The van der Waals surface area contributed by atoms with Gasteiger partial charge in [0, 0.05) is 26.7 Å². The number of benzene rings is 2. The molecule has 2 aromatic carbocycles. The topological polar surface area (TPSA) is 67.7 Å². The van der Waals surface area contributed by atoms with Crippen molar-refractivity contribution in [1.29, 1.82) is 0 Å². The fourth-order valence-electron chi connectivity index (χ4n) is 5.53. The van der Waals surface area contributed by atoms with Crippen molar-refractivity contribution in [3.05, 3.63) is 104 Å². The number of fused-ring (bicyclic) bond motifs is 5. The number of cyclic esters (lactones) is 1. The van der Waals surface area contributed by atoms with Crippen LogP contribution in [0.4, 0.5) is 14.5 Å². The maximum atomic E-state index is 13.8. The molecule has 0 spiro atoms. The number of rotatable bonds is 3. The Hall–Kier alpha value is -3.63. The summed E-state index contributed by atoms with van der Waals surface area (Å²) in [4.78, 5) is 35.3. The van der Waals surface area contributed by atoms with E-state index < -0.39 is 11.5 Å². The average Bonchev–Trinajstić information content (AvgIpc) is 3.06. The van der Waals surface area contributed by atoms with E-state index in [1.54, 1.807) is 43.4 Å². The fraction of sp³-hybridized carbons (Fsp3) is 0.250. The first-order chi connectivity index (χ1) is 18.3. The lowest BCUT2D eigenvalue weighted by molar-refractivity contribution is 0.0451. The minimum absolute atomic E-state index is 0.0184. The van der Waals surface area contributed by atoms with E-state index in [-0.39, 0.29) is 35.9 Å². The van der Waals surface area contributed by atoms with Gasteiger partial charge < -0.3 is 14.2 Å². The van der Waals surface area contributed by atoms with Gasteiger partial charge in [-0.3, -0.25) is 9.69 Å². The summed E-state index contributed by atoms with van der Waals surface area (Å²) in [5, 5.41) is 0. The van der Waals surface area contributed by atoms with E-state index in [1.807, 2.05) is 4.90 Å². The van der Waals surface area contributed by atoms with Crippen LogP contribution in [0.1, 0.15) is 27.5 Å². The number of ether oxygens (including phenoxy) is 1. The number of esters is 1. The summed E-state index contributed by atoms with van der Waals surface area (Å²) < 4.78 is 35.1. The summed E-state index contributed by atoms with van der Waals surface area (Å²) in [6, 6.07) is 15.6. The summed E-state index contributed by atoms with van der Waals surface area (Å²) in [6.45, 7) is 1.62. The van der Waals surface area contributed by atoms with Crippen LogP contribution < -0.4 is 10.5 Å². The van der Waals surface area contributed by atoms with Crippen LogP contribution in [0.25, 0.3) is 11.0 Å². The molecule has 4 heterocycles. The molecule has 0 unspecified atom stereocenters. The number of carbonyl (C=O) groups is 1. The molecule has 0 N–H and O–H groups in total. The molecule has 10 heteroatoms. The molecule has 6 rings (SSSR count). The van der Waals surface area contributed by atoms with Gasteiger partial charge in [0.2, 0.25) is 0 Å². The zero-order chi connectivity index (χ0) is 26.6. The Morgan fingerprint density at radius 1 is 0.947 bits per heavy atom. The summed E-state index contributed by atoms with van der Waals surface area (Å²) in [7, 11) is 1.62. The largest absolute Gasteiger partial charge is 0.460 e. The molecule has 0 saturated carbocycles. The second-order valence-electron chi connectivity index (χ2n) is 9.54. The van der Waals surface area contributed by atoms with E-state index in [0.29, 0.717) is 41.0 Å². The third-order valence-electron chi connectivity index (χ3n) is 7.33. The van der Waals surface area contributed by atoms with Crippen molar-refractivity contribution in [2.24, 2.45) is 7.05 Å². The number of aromatic nitrogens is 2. The molecule has 2 aliphatic rings. The predicted molar refractivity (Wildman–Crippen MR) is 142 cm³/mol. The molecular formula is C28H23BrF2N4O3. The van der Waals surface area contributed by atoms with Gasteiger partial charge in [0.25, 0.3) is 5.56 Å². The molecule has 2 aromatic heterocycles. The SMILES string of the molecule is Cn1c(=O)c2c(c3nc(Br)ccc31)N1CCN(C(c3ccc(F)cc3)c3ccc(F)cc3)C[C@@H]1COC2=O. The number of pyridine rings is 2. The monoisotopic (exact) mass is 580 g/mol. The number of nitrogens with zero attached hydrogens (tertiary/aromatic N) is 4. The van der Waals surface area contributed by atoms with Crippen molar-refractivity contribution in [3.8, 4) is 0 Å². The fourth-order valence-corrected chi connectivity index (χ4v) is 5.84. The van der Waals surface area contributed by atoms with Crippen molar-refractivity contribution in [2.45, 2.75) is 12.1 Å². The van der Waals surface area contributed by atoms with Crippen LogP contribution in [0, 0.1) is 11.6 Å². The summed E-state index contributed by atoms with van der Waals surface area (Å²) in [6.07, 6.45) is 0. The Kier molecular flexibility index (Phi) is 6.23. The summed E-state index contributed by atoms with van der Waals surface area (Å²) in [5.41, 5.74) is 2.92. The molecule has 1 saturated heterocycles. The van der Waals surface area contributed by atoms with Gasteiger partial charge in [-0.25, -0.2) is 18.6 Å². The van der Waals surface area contributed by atoms with Gasteiger partial charge in [0.15, 0.2) is 5.56 Å². The third-order valence-corrected chi connectivity index (χ3v) is 7.77. The van der Waals surface area contributed by atoms with Crippen LogP contribution in [-0.2, 0) is 11.8 Å². The highest BCUT2D eigenvalue weighted by Gasteiger charge is 2.39. The molecule has 2 aliphatic heterocycles. The highest BCUT2D eigenvalue weighted by Crippen LogP contribution is 2.37. The number of aryl methyl sites for hydroxylation is 1. The van der Waals surface area contributed by atoms with Crippen LogP contribution in [-0.4, -0.2) is 52.7 Å². The Labute approximate surface area is 225 Å². The number of hydrogen-bond acceptors (Lipinski definition) is 6. The Bertz CT molecular complexity index is 1560. The Morgan fingerprint density at radius 3 is 2.21 bits per heavy atom. The average molecular weight is 581 g/mol.